The summed E-state index contributed by atoms with van der Waals surface area (Å²) in [7, 11) is 1.71. The Morgan fingerprint density at radius 3 is 2.62 bits per heavy atom. The van der Waals surface area contributed by atoms with Gasteiger partial charge in [-0.05, 0) is 24.3 Å². The van der Waals surface area contributed by atoms with Gasteiger partial charge in [-0.15, -0.1) is 11.8 Å². The smallest absolute Gasteiger partial charge is 0.269 e. The fraction of sp³-hybridized carbons (Fsp3) is 0.214. The van der Waals surface area contributed by atoms with Crippen molar-refractivity contribution in [3.63, 3.8) is 0 Å². The summed E-state index contributed by atoms with van der Waals surface area (Å²) in [5.74, 6) is 0.968. The molecule has 110 valence electrons. The predicted molar refractivity (Wildman–Crippen MR) is 79.0 cm³/mol. The van der Waals surface area contributed by atoms with E-state index < -0.39 is 4.92 Å². The van der Waals surface area contributed by atoms with Gasteiger partial charge in [0.1, 0.15) is 5.76 Å². The molecule has 7 heteroatoms. The second-order valence-corrected chi connectivity index (χ2v) is 5.42. The average molecular weight is 306 g/mol. The quantitative estimate of drug-likeness (QED) is 0.466. The number of nitro groups is 1. The summed E-state index contributed by atoms with van der Waals surface area (Å²) in [6, 6.07) is 9.73. The lowest BCUT2D eigenvalue weighted by Crippen LogP contribution is -2.27. The Kier molecular flexibility index (Phi) is 4.99. The molecule has 0 aliphatic carbocycles. The maximum atomic E-state index is 12.0. The summed E-state index contributed by atoms with van der Waals surface area (Å²) in [4.78, 5) is 24.5. The van der Waals surface area contributed by atoms with Gasteiger partial charge in [0.2, 0.25) is 5.91 Å². The van der Waals surface area contributed by atoms with Crippen LogP contribution >= 0.6 is 11.8 Å². The number of thioether (sulfide) groups is 1. The number of nitrogens with zero attached hydrogens (tertiary/aromatic N) is 2. The van der Waals surface area contributed by atoms with E-state index in [0.29, 0.717) is 6.54 Å². The van der Waals surface area contributed by atoms with E-state index in [4.69, 9.17) is 4.42 Å². The standard InChI is InChI=1S/C14H14N2O4S/c1-15(9-12-3-2-8-20-12)14(17)10-21-13-6-4-11(5-7-13)16(18)19/h2-8H,9-10H2,1H3. The summed E-state index contributed by atoms with van der Waals surface area (Å²) < 4.78 is 5.19. The molecular formula is C14H14N2O4S. The van der Waals surface area contributed by atoms with Gasteiger partial charge in [0, 0.05) is 24.1 Å². The van der Waals surface area contributed by atoms with Crippen LogP contribution in [-0.4, -0.2) is 28.5 Å². The Bertz CT molecular complexity index is 610. The van der Waals surface area contributed by atoms with Gasteiger partial charge in [-0.2, -0.15) is 0 Å². The highest BCUT2D eigenvalue weighted by molar-refractivity contribution is 8.00. The van der Waals surface area contributed by atoms with Crippen molar-refractivity contribution >= 4 is 23.4 Å². The number of carbonyl (C=O) groups is 1. The van der Waals surface area contributed by atoms with Crippen molar-refractivity contribution in [1.82, 2.24) is 4.90 Å². The van der Waals surface area contributed by atoms with Crippen LogP contribution in [0.15, 0.2) is 52.0 Å². The molecular weight excluding hydrogens is 292 g/mol. The minimum atomic E-state index is -0.448. The molecule has 0 aliphatic heterocycles. The minimum Gasteiger partial charge on any atom is -0.467 e. The van der Waals surface area contributed by atoms with Crippen LogP contribution < -0.4 is 0 Å². The molecule has 0 fully saturated rings. The number of benzene rings is 1. The van der Waals surface area contributed by atoms with Crippen LogP contribution in [0.3, 0.4) is 0 Å². The van der Waals surface area contributed by atoms with Crippen molar-refractivity contribution in [2.24, 2.45) is 0 Å². The lowest BCUT2D eigenvalue weighted by Gasteiger charge is -2.15. The molecule has 2 aromatic rings. The summed E-state index contributed by atoms with van der Waals surface area (Å²) >= 11 is 1.35. The zero-order chi connectivity index (χ0) is 15.2. The molecule has 1 amide bonds. The monoisotopic (exact) mass is 306 g/mol. The molecule has 0 radical (unpaired) electrons. The van der Waals surface area contributed by atoms with Gasteiger partial charge in [-0.3, -0.25) is 14.9 Å². The van der Waals surface area contributed by atoms with Crippen LogP contribution in [0.25, 0.3) is 0 Å². The fourth-order valence-corrected chi connectivity index (χ4v) is 2.48. The maximum absolute atomic E-state index is 12.0. The highest BCUT2D eigenvalue weighted by Gasteiger charge is 2.11. The van der Waals surface area contributed by atoms with Gasteiger partial charge in [0.15, 0.2) is 0 Å². The number of furan rings is 1. The SMILES string of the molecule is CN(Cc1ccco1)C(=O)CSc1ccc([N+](=O)[O-])cc1. The molecule has 1 aromatic heterocycles. The van der Waals surface area contributed by atoms with Gasteiger partial charge in [0.25, 0.3) is 5.69 Å². The van der Waals surface area contributed by atoms with Gasteiger partial charge < -0.3 is 9.32 Å². The van der Waals surface area contributed by atoms with Crippen LogP contribution in [0.1, 0.15) is 5.76 Å². The van der Waals surface area contributed by atoms with Crippen molar-refractivity contribution in [2.45, 2.75) is 11.4 Å². The van der Waals surface area contributed by atoms with E-state index in [1.165, 1.54) is 23.9 Å². The predicted octanol–water partition coefficient (Wildman–Crippen LogP) is 2.94. The van der Waals surface area contributed by atoms with Crippen LogP contribution in [0.2, 0.25) is 0 Å². The Hall–Kier alpha value is -2.28. The largest absolute Gasteiger partial charge is 0.467 e. The third-order valence-corrected chi connectivity index (χ3v) is 3.81. The van der Waals surface area contributed by atoms with Crippen LogP contribution in [-0.2, 0) is 11.3 Å². The first-order chi connectivity index (χ1) is 10.1. The van der Waals surface area contributed by atoms with Crippen LogP contribution in [0, 0.1) is 10.1 Å². The van der Waals surface area contributed by atoms with Crippen LogP contribution in [0.5, 0.6) is 0 Å². The Morgan fingerprint density at radius 2 is 2.05 bits per heavy atom. The van der Waals surface area contributed by atoms with Crippen molar-refractivity contribution in [3.8, 4) is 0 Å². The molecule has 6 nitrogen and oxygen atoms in total. The number of hydrogen-bond donors (Lipinski definition) is 0. The molecule has 2 rings (SSSR count). The number of hydrogen-bond acceptors (Lipinski definition) is 5. The number of nitro benzene ring substituents is 1. The van der Waals surface area contributed by atoms with Crippen LogP contribution in [0.4, 0.5) is 5.69 Å². The molecule has 0 unspecified atom stereocenters. The summed E-state index contributed by atoms with van der Waals surface area (Å²) in [6.45, 7) is 0.423. The topological polar surface area (TPSA) is 76.6 Å². The lowest BCUT2D eigenvalue weighted by atomic mass is 10.3. The molecule has 0 aliphatic rings. The average Bonchev–Trinajstić information content (AvgIpc) is 2.98. The van der Waals surface area contributed by atoms with E-state index in [9.17, 15) is 14.9 Å². The summed E-state index contributed by atoms with van der Waals surface area (Å²) in [5.41, 5.74) is 0.0422. The van der Waals surface area contributed by atoms with E-state index in [0.717, 1.165) is 10.7 Å². The first-order valence-corrected chi connectivity index (χ1v) is 7.18. The van der Waals surface area contributed by atoms with E-state index >= 15 is 0 Å². The minimum absolute atomic E-state index is 0.0326. The number of amides is 1. The number of non-ortho nitro benzene ring substituents is 1. The summed E-state index contributed by atoms with van der Waals surface area (Å²) in [6.07, 6.45) is 1.57. The molecule has 1 heterocycles. The molecule has 0 atom stereocenters. The second kappa shape index (κ2) is 6.94. The zero-order valence-electron chi connectivity index (χ0n) is 11.4. The highest BCUT2D eigenvalue weighted by Crippen LogP contribution is 2.21. The van der Waals surface area contributed by atoms with Gasteiger partial charge in [0.05, 0.1) is 23.5 Å². The highest BCUT2D eigenvalue weighted by atomic mass is 32.2. The molecule has 0 saturated carbocycles. The van der Waals surface area contributed by atoms with Crippen molar-refractivity contribution < 1.29 is 14.1 Å². The lowest BCUT2D eigenvalue weighted by molar-refractivity contribution is -0.384. The van der Waals surface area contributed by atoms with E-state index in [1.54, 1.807) is 36.4 Å². The molecule has 21 heavy (non-hydrogen) atoms. The van der Waals surface area contributed by atoms with Crippen molar-refractivity contribution in [2.75, 3.05) is 12.8 Å². The fourth-order valence-electron chi connectivity index (χ4n) is 1.64. The van der Waals surface area contributed by atoms with Gasteiger partial charge >= 0.3 is 0 Å². The Morgan fingerprint density at radius 1 is 1.33 bits per heavy atom. The van der Waals surface area contributed by atoms with E-state index in [-0.39, 0.29) is 17.3 Å². The zero-order valence-corrected chi connectivity index (χ0v) is 12.2. The number of rotatable bonds is 6. The van der Waals surface area contributed by atoms with E-state index in [1.807, 2.05) is 6.07 Å². The normalized spacial score (nSPS) is 10.3. The van der Waals surface area contributed by atoms with Gasteiger partial charge in [-0.1, -0.05) is 0 Å². The van der Waals surface area contributed by atoms with Crippen molar-refractivity contribution in [1.29, 1.82) is 0 Å². The van der Waals surface area contributed by atoms with Gasteiger partial charge in [-0.25, -0.2) is 0 Å². The first-order valence-electron chi connectivity index (χ1n) is 6.20. The first kappa shape index (κ1) is 15.1. The third-order valence-electron chi connectivity index (χ3n) is 2.81. The number of carbonyl (C=O) groups excluding carboxylic acids is 1. The maximum Gasteiger partial charge on any atom is 0.269 e. The molecule has 0 bridgehead atoms. The molecule has 1 aromatic carbocycles. The molecule has 0 spiro atoms. The molecule has 0 N–H and O–H groups in total. The molecule has 0 saturated heterocycles. The third kappa shape index (κ3) is 4.35. The summed E-state index contributed by atoms with van der Waals surface area (Å²) in [5, 5.41) is 10.5. The second-order valence-electron chi connectivity index (χ2n) is 4.37. The van der Waals surface area contributed by atoms with Crippen molar-refractivity contribution in [3.05, 3.63) is 58.5 Å². The van der Waals surface area contributed by atoms with E-state index in [2.05, 4.69) is 0 Å². The Labute approximate surface area is 125 Å². The Balaban J connectivity index is 1.84.